The number of rotatable bonds is 2. The van der Waals surface area contributed by atoms with Crippen LogP contribution in [-0.2, 0) is 25.7 Å². The Morgan fingerprint density at radius 3 is 1.42 bits per heavy atom. The molecule has 0 radical (unpaired) electrons. The molecule has 0 saturated heterocycles. The zero-order chi connectivity index (χ0) is 20.7. The summed E-state index contributed by atoms with van der Waals surface area (Å²) in [5.41, 5.74) is 1.77. The van der Waals surface area contributed by atoms with Crippen LogP contribution in [0.4, 0.5) is 0 Å². The molecule has 5 heteroatoms. The van der Waals surface area contributed by atoms with E-state index in [9.17, 15) is 9.59 Å². The van der Waals surface area contributed by atoms with Crippen LogP contribution in [0.1, 0.15) is 100.0 Å². The van der Waals surface area contributed by atoms with E-state index >= 15 is 0 Å². The second-order valence-electron chi connectivity index (χ2n) is 9.67. The minimum atomic E-state index is -0.637. The molecule has 26 heavy (non-hydrogen) atoms. The van der Waals surface area contributed by atoms with Gasteiger partial charge in [-0.1, -0.05) is 62.3 Å². The normalized spacial score (nSPS) is 12.7. The second kappa shape index (κ2) is 7.01. The minimum absolute atomic E-state index is 0.0159. The fourth-order valence-corrected chi connectivity index (χ4v) is 3.15. The fraction of sp³-hybridized carbons (Fsp3) is 0.667. The summed E-state index contributed by atoms with van der Waals surface area (Å²) in [5, 5.41) is 0. The predicted octanol–water partition coefficient (Wildman–Crippen LogP) is 4.55. The molecular formula is C21H33NO4. The molecule has 0 aromatic carbocycles. The van der Waals surface area contributed by atoms with Crippen molar-refractivity contribution in [3.8, 4) is 0 Å². The number of methoxy groups -OCH3 is 2. The van der Waals surface area contributed by atoms with Crippen molar-refractivity contribution >= 4 is 11.9 Å². The van der Waals surface area contributed by atoms with Crippen LogP contribution in [0.3, 0.4) is 0 Å². The van der Waals surface area contributed by atoms with Crippen molar-refractivity contribution < 1.29 is 19.1 Å². The van der Waals surface area contributed by atoms with Crippen LogP contribution < -0.4 is 0 Å². The van der Waals surface area contributed by atoms with Gasteiger partial charge in [0.1, 0.15) is 0 Å². The number of hydrogen-bond donors (Lipinski definition) is 0. The van der Waals surface area contributed by atoms with Crippen molar-refractivity contribution in [2.45, 2.75) is 78.6 Å². The molecule has 0 fully saturated rings. The Kier molecular flexibility index (Phi) is 5.97. The lowest BCUT2D eigenvalue weighted by atomic mass is 9.69. The molecular weight excluding hydrogens is 330 g/mol. The number of hydrogen-bond acceptors (Lipinski definition) is 5. The van der Waals surface area contributed by atoms with Crippen LogP contribution in [0.2, 0.25) is 0 Å². The highest BCUT2D eigenvalue weighted by molar-refractivity contribution is 6.03. The third-order valence-corrected chi connectivity index (χ3v) is 4.18. The fourth-order valence-electron chi connectivity index (χ4n) is 3.15. The molecule has 1 aromatic heterocycles. The van der Waals surface area contributed by atoms with Gasteiger partial charge in [-0.05, 0) is 22.0 Å². The number of nitrogens with zero attached hydrogens (tertiary/aromatic N) is 1. The summed E-state index contributed by atoms with van der Waals surface area (Å²) in [7, 11) is 2.60. The molecule has 1 heterocycles. The van der Waals surface area contributed by atoms with Gasteiger partial charge in [-0.3, -0.25) is 0 Å². The van der Waals surface area contributed by atoms with Crippen LogP contribution >= 0.6 is 0 Å². The second-order valence-corrected chi connectivity index (χ2v) is 9.67. The van der Waals surface area contributed by atoms with Gasteiger partial charge in [-0.15, -0.1) is 0 Å². The molecule has 0 unspecified atom stereocenters. The molecule has 0 atom stereocenters. The van der Waals surface area contributed by atoms with Crippen molar-refractivity contribution in [1.82, 2.24) is 4.98 Å². The maximum atomic E-state index is 12.7. The maximum Gasteiger partial charge on any atom is 0.357 e. The lowest BCUT2D eigenvalue weighted by molar-refractivity contribution is 0.0546. The molecule has 0 N–H and O–H groups in total. The summed E-state index contributed by atoms with van der Waals surface area (Å²) < 4.78 is 9.94. The highest BCUT2D eigenvalue weighted by Crippen LogP contribution is 2.42. The van der Waals surface area contributed by atoms with Crippen molar-refractivity contribution in [2.24, 2.45) is 0 Å². The third-order valence-electron chi connectivity index (χ3n) is 4.18. The molecule has 0 aliphatic heterocycles. The summed E-state index contributed by atoms with van der Waals surface area (Å²) in [6.07, 6.45) is 0. The van der Waals surface area contributed by atoms with E-state index in [-0.39, 0.29) is 22.1 Å². The van der Waals surface area contributed by atoms with Gasteiger partial charge in [0.2, 0.25) is 0 Å². The molecule has 0 bridgehead atoms. The molecule has 5 nitrogen and oxygen atoms in total. The standard InChI is InChI=1S/C21H33NO4/c1-19(2,3)13-12(17(23)25-10)15(18(24)26-11)22-16(21(7,8)9)14(13)20(4,5)6/h1-11H3. The van der Waals surface area contributed by atoms with Gasteiger partial charge in [0, 0.05) is 5.41 Å². The molecule has 0 amide bonds. The zero-order valence-electron chi connectivity index (χ0n) is 18.1. The molecule has 1 rings (SSSR count). The largest absolute Gasteiger partial charge is 0.465 e. The van der Waals surface area contributed by atoms with Gasteiger partial charge in [-0.25, -0.2) is 14.6 Å². The monoisotopic (exact) mass is 363 g/mol. The minimum Gasteiger partial charge on any atom is -0.465 e. The summed E-state index contributed by atoms with van der Waals surface area (Å²) >= 11 is 0. The molecule has 0 aliphatic rings. The maximum absolute atomic E-state index is 12.7. The first-order valence-corrected chi connectivity index (χ1v) is 8.83. The number of pyridine rings is 1. The topological polar surface area (TPSA) is 65.5 Å². The van der Waals surface area contributed by atoms with E-state index < -0.39 is 17.4 Å². The molecule has 0 saturated carbocycles. The van der Waals surface area contributed by atoms with Gasteiger partial charge in [0.25, 0.3) is 0 Å². The SMILES string of the molecule is COC(=O)c1nc(C(C)(C)C)c(C(C)(C)C)c(C(C)(C)C)c1C(=O)OC. The first-order valence-electron chi connectivity index (χ1n) is 8.83. The molecule has 0 aliphatic carbocycles. The lowest BCUT2D eigenvalue weighted by Crippen LogP contribution is -2.34. The van der Waals surface area contributed by atoms with Gasteiger partial charge in [-0.2, -0.15) is 0 Å². The number of carbonyl (C=O) groups excluding carboxylic acids is 2. The quantitative estimate of drug-likeness (QED) is 0.721. The van der Waals surface area contributed by atoms with E-state index in [1.165, 1.54) is 14.2 Å². The molecule has 1 aromatic rings. The van der Waals surface area contributed by atoms with E-state index in [4.69, 9.17) is 9.47 Å². The predicted molar refractivity (Wildman–Crippen MR) is 103 cm³/mol. The van der Waals surface area contributed by atoms with Crippen molar-refractivity contribution in [3.05, 3.63) is 28.1 Å². The van der Waals surface area contributed by atoms with Crippen LogP contribution in [0.5, 0.6) is 0 Å². The van der Waals surface area contributed by atoms with Crippen molar-refractivity contribution in [1.29, 1.82) is 0 Å². The van der Waals surface area contributed by atoms with Gasteiger partial charge >= 0.3 is 11.9 Å². The Labute approximate surface area is 157 Å². The lowest BCUT2D eigenvalue weighted by Gasteiger charge is -2.37. The van der Waals surface area contributed by atoms with Crippen molar-refractivity contribution in [2.75, 3.05) is 14.2 Å². The Hall–Kier alpha value is -1.91. The molecule has 146 valence electrons. The van der Waals surface area contributed by atoms with Gasteiger partial charge < -0.3 is 9.47 Å². The van der Waals surface area contributed by atoms with E-state index in [1.807, 2.05) is 20.8 Å². The van der Waals surface area contributed by atoms with E-state index in [1.54, 1.807) is 0 Å². The Morgan fingerprint density at radius 1 is 0.692 bits per heavy atom. The van der Waals surface area contributed by atoms with E-state index in [0.717, 1.165) is 16.8 Å². The van der Waals surface area contributed by atoms with Gasteiger partial charge in [0.15, 0.2) is 5.69 Å². The summed E-state index contributed by atoms with van der Waals surface area (Å²) in [6, 6.07) is 0. The Morgan fingerprint density at radius 2 is 1.12 bits per heavy atom. The number of carbonyl (C=O) groups is 2. The number of ether oxygens (including phenoxy) is 2. The summed E-state index contributed by atoms with van der Waals surface area (Å²) in [6.45, 7) is 18.5. The third kappa shape index (κ3) is 4.25. The average Bonchev–Trinajstić information content (AvgIpc) is 2.48. The Balaban J connectivity index is 4.32. The highest BCUT2D eigenvalue weighted by atomic mass is 16.5. The highest BCUT2D eigenvalue weighted by Gasteiger charge is 2.39. The van der Waals surface area contributed by atoms with Crippen LogP contribution in [0.15, 0.2) is 0 Å². The smallest absolute Gasteiger partial charge is 0.357 e. The first-order chi connectivity index (χ1) is 11.6. The summed E-state index contributed by atoms with van der Waals surface area (Å²) in [5.74, 6) is -1.21. The number of aromatic nitrogens is 1. The Bertz CT molecular complexity index is 713. The van der Waals surface area contributed by atoms with E-state index in [2.05, 4.69) is 46.5 Å². The summed E-state index contributed by atoms with van der Waals surface area (Å²) in [4.78, 5) is 29.8. The van der Waals surface area contributed by atoms with Crippen LogP contribution in [0, 0.1) is 0 Å². The van der Waals surface area contributed by atoms with Crippen LogP contribution in [-0.4, -0.2) is 31.1 Å². The van der Waals surface area contributed by atoms with Gasteiger partial charge in [0.05, 0.1) is 25.5 Å². The van der Waals surface area contributed by atoms with Crippen LogP contribution in [0.25, 0.3) is 0 Å². The average molecular weight is 363 g/mol. The molecule has 0 spiro atoms. The van der Waals surface area contributed by atoms with Crippen molar-refractivity contribution in [3.63, 3.8) is 0 Å². The van der Waals surface area contributed by atoms with E-state index in [0.29, 0.717) is 0 Å². The zero-order valence-corrected chi connectivity index (χ0v) is 18.1. The first kappa shape index (κ1) is 22.1. The number of esters is 2.